The highest BCUT2D eigenvalue weighted by atomic mass is 16.5. The van der Waals surface area contributed by atoms with Crippen molar-refractivity contribution in [2.24, 2.45) is 0 Å². The van der Waals surface area contributed by atoms with Gasteiger partial charge in [0.15, 0.2) is 0 Å². The Balaban J connectivity index is 1.44. The number of hydrogen-bond donors (Lipinski definition) is 2. The SMILES string of the molecule is CCn1nc(C)cc1C(=O)N1CCOc2ccc(-c3ccc4c(c3)NC(C)N4)cc2C1. The second kappa shape index (κ2) is 7.65. The molecular weight excluding hydrogens is 390 g/mol. The quantitative estimate of drug-likeness (QED) is 0.672. The summed E-state index contributed by atoms with van der Waals surface area (Å²) in [6, 6.07) is 14.5. The molecule has 1 atom stereocenters. The van der Waals surface area contributed by atoms with E-state index < -0.39 is 0 Å². The number of rotatable bonds is 3. The van der Waals surface area contributed by atoms with Gasteiger partial charge in [0.25, 0.3) is 5.91 Å². The molecule has 0 saturated heterocycles. The molecule has 1 unspecified atom stereocenters. The summed E-state index contributed by atoms with van der Waals surface area (Å²) in [6.07, 6.45) is 0.227. The largest absolute Gasteiger partial charge is 0.491 e. The first kappa shape index (κ1) is 19.5. The van der Waals surface area contributed by atoms with Crippen molar-refractivity contribution in [3.63, 3.8) is 0 Å². The van der Waals surface area contributed by atoms with Crippen molar-refractivity contribution in [1.29, 1.82) is 0 Å². The number of aromatic nitrogens is 2. The Kier molecular flexibility index (Phi) is 4.81. The standard InChI is InChI=1S/C24H27N5O2/c1-4-29-22(11-15(2)27-29)24(30)28-9-10-31-23-8-6-17(12-19(23)14-28)18-5-7-20-21(13-18)26-16(3)25-20/h5-8,11-13,16,25-26H,4,9-10,14H2,1-3H3. The molecule has 31 heavy (non-hydrogen) atoms. The van der Waals surface area contributed by atoms with Gasteiger partial charge in [-0.05, 0) is 62.2 Å². The van der Waals surface area contributed by atoms with Crippen LogP contribution in [0, 0.1) is 6.92 Å². The number of benzene rings is 2. The number of anilines is 2. The predicted octanol–water partition coefficient (Wildman–Crippen LogP) is 4.10. The molecule has 0 bridgehead atoms. The van der Waals surface area contributed by atoms with E-state index in [4.69, 9.17) is 4.74 Å². The van der Waals surface area contributed by atoms with E-state index in [1.165, 1.54) is 0 Å². The van der Waals surface area contributed by atoms with Crippen LogP contribution in [0.15, 0.2) is 42.5 Å². The summed E-state index contributed by atoms with van der Waals surface area (Å²) in [7, 11) is 0. The van der Waals surface area contributed by atoms with Crippen molar-refractivity contribution in [3.05, 3.63) is 59.4 Å². The van der Waals surface area contributed by atoms with Crippen LogP contribution in [-0.4, -0.2) is 39.9 Å². The molecule has 2 aliphatic rings. The van der Waals surface area contributed by atoms with Gasteiger partial charge >= 0.3 is 0 Å². The summed E-state index contributed by atoms with van der Waals surface area (Å²) in [4.78, 5) is 15.1. The first-order valence-electron chi connectivity index (χ1n) is 10.8. The summed E-state index contributed by atoms with van der Waals surface area (Å²) >= 11 is 0. The van der Waals surface area contributed by atoms with Crippen molar-refractivity contribution in [2.45, 2.75) is 40.0 Å². The summed E-state index contributed by atoms with van der Waals surface area (Å²) in [5, 5.41) is 11.3. The Morgan fingerprint density at radius 2 is 1.90 bits per heavy atom. The van der Waals surface area contributed by atoms with Gasteiger partial charge < -0.3 is 20.3 Å². The molecule has 7 heteroatoms. The van der Waals surface area contributed by atoms with Crippen molar-refractivity contribution in [3.8, 4) is 16.9 Å². The van der Waals surface area contributed by atoms with Gasteiger partial charge in [-0.2, -0.15) is 5.10 Å². The number of amides is 1. The molecule has 7 nitrogen and oxygen atoms in total. The van der Waals surface area contributed by atoms with Gasteiger partial charge in [-0.15, -0.1) is 0 Å². The molecular formula is C24H27N5O2. The van der Waals surface area contributed by atoms with Crippen molar-refractivity contribution >= 4 is 17.3 Å². The normalized spacial score (nSPS) is 17.1. The van der Waals surface area contributed by atoms with Crippen molar-refractivity contribution < 1.29 is 9.53 Å². The summed E-state index contributed by atoms with van der Waals surface area (Å²) in [5.74, 6) is 0.833. The van der Waals surface area contributed by atoms with Crippen LogP contribution in [0.25, 0.3) is 11.1 Å². The second-order valence-electron chi connectivity index (χ2n) is 8.16. The van der Waals surface area contributed by atoms with Crippen molar-refractivity contribution in [1.82, 2.24) is 14.7 Å². The van der Waals surface area contributed by atoms with Crippen LogP contribution in [0.1, 0.15) is 35.6 Å². The molecule has 160 valence electrons. The molecule has 0 saturated carbocycles. The predicted molar refractivity (Wildman–Crippen MR) is 121 cm³/mol. The van der Waals surface area contributed by atoms with Crippen LogP contribution in [0.5, 0.6) is 5.75 Å². The van der Waals surface area contributed by atoms with E-state index in [2.05, 4.69) is 53.0 Å². The molecule has 3 aromatic rings. The smallest absolute Gasteiger partial charge is 0.272 e. The fourth-order valence-corrected chi connectivity index (χ4v) is 4.34. The average molecular weight is 418 g/mol. The lowest BCUT2D eigenvalue weighted by molar-refractivity contribution is 0.0720. The summed E-state index contributed by atoms with van der Waals surface area (Å²) in [5.41, 5.74) is 6.97. The highest BCUT2D eigenvalue weighted by molar-refractivity contribution is 5.93. The third-order valence-corrected chi connectivity index (χ3v) is 5.85. The van der Waals surface area contributed by atoms with Gasteiger partial charge in [-0.3, -0.25) is 9.48 Å². The highest BCUT2D eigenvalue weighted by Gasteiger charge is 2.24. The fourth-order valence-electron chi connectivity index (χ4n) is 4.34. The third kappa shape index (κ3) is 3.60. The molecule has 0 fully saturated rings. The van der Waals surface area contributed by atoms with Crippen LogP contribution >= 0.6 is 0 Å². The number of aryl methyl sites for hydroxylation is 2. The molecule has 1 amide bonds. The summed E-state index contributed by atoms with van der Waals surface area (Å²) in [6.45, 7) is 8.21. The van der Waals surface area contributed by atoms with Crippen LogP contribution < -0.4 is 15.4 Å². The van der Waals surface area contributed by atoms with Gasteiger partial charge in [0.2, 0.25) is 0 Å². The van der Waals surface area contributed by atoms with E-state index >= 15 is 0 Å². The molecule has 5 rings (SSSR count). The van der Waals surface area contributed by atoms with E-state index in [0.717, 1.165) is 39.5 Å². The highest BCUT2D eigenvalue weighted by Crippen LogP contribution is 2.35. The summed E-state index contributed by atoms with van der Waals surface area (Å²) < 4.78 is 7.74. The number of carbonyl (C=O) groups is 1. The number of nitrogens with zero attached hydrogens (tertiary/aromatic N) is 3. The maximum absolute atomic E-state index is 13.3. The number of nitrogens with one attached hydrogen (secondary N) is 2. The first-order chi connectivity index (χ1) is 15.0. The van der Waals surface area contributed by atoms with Crippen LogP contribution in [-0.2, 0) is 13.1 Å². The van der Waals surface area contributed by atoms with Crippen LogP contribution in [0.2, 0.25) is 0 Å². The molecule has 3 heterocycles. The third-order valence-electron chi connectivity index (χ3n) is 5.85. The van der Waals surface area contributed by atoms with Gasteiger partial charge in [0.1, 0.15) is 18.1 Å². The zero-order valence-corrected chi connectivity index (χ0v) is 18.1. The lowest BCUT2D eigenvalue weighted by atomic mass is 10.0. The minimum atomic E-state index is -0.00824. The molecule has 0 spiro atoms. The molecule has 1 aromatic heterocycles. The molecule has 0 aliphatic carbocycles. The van der Waals surface area contributed by atoms with E-state index in [0.29, 0.717) is 31.9 Å². The zero-order chi connectivity index (χ0) is 21.5. The Labute approximate surface area is 182 Å². The molecule has 0 radical (unpaired) electrons. The number of hydrogen-bond acceptors (Lipinski definition) is 5. The van der Waals surface area contributed by atoms with E-state index in [-0.39, 0.29) is 12.1 Å². The minimum absolute atomic E-state index is 0.00824. The Hall–Kier alpha value is -3.48. The lowest BCUT2D eigenvalue weighted by Gasteiger charge is -2.20. The number of ether oxygens (including phenoxy) is 1. The lowest BCUT2D eigenvalue weighted by Crippen LogP contribution is -2.34. The molecule has 2 aromatic carbocycles. The topological polar surface area (TPSA) is 71.4 Å². The Morgan fingerprint density at radius 1 is 1.13 bits per heavy atom. The van der Waals surface area contributed by atoms with Gasteiger partial charge in [-0.1, -0.05) is 12.1 Å². The monoisotopic (exact) mass is 417 g/mol. The van der Waals surface area contributed by atoms with E-state index in [9.17, 15) is 4.79 Å². The number of fused-ring (bicyclic) bond motifs is 2. The minimum Gasteiger partial charge on any atom is -0.491 e. The average Bonchev–Trinajstić information content (AvgIpc) is 3.25. The maximum Gasteiger partial charge on any atom is 0.272 e. The van der Waals surface area contributed by atoms with E-state index in [1.54, 1.807) is 4.68 Å². The van der Waals surface area contributed by atoms with Crippen LogP contribution in [0.4, 0.5) is 11.4 Å². The van der Waals surface area contributed by atoms with Crippen molar-refractivity contribution in [2.75, 3.05) is 23.8 Å². The molecule has 2 aliphatic heterocycles. The van der Waals surface area contributed by atoms with Gasteiger partial charge in [0, 0.05) is 18.7 Å². The zero-order valence-electron chi connectivity index (χ0n) is 18.1. The van der Waals surface area contributed by atoms with Gasteiger partial charge in [-0.25, -0.2) is 0 Å². The van der Waals surface area contributed by atoms with Crippen LogP contribution in [0.3, 0.4) is 0 Å². The Morgan fingerprint density at radius 3 is 2.74 bits per heavy atom. The fraction of sp³-hybridized carbons (Fsp3) is 0.333. The van der Waals surface area contributed by atoms with E-state index in [1.807, 2.05) is 30.9 Å². The first-order valence-corrected chi connectivity index (χ1v) is 10.8. The van der Waals surface area contributed by atoms with Gasteiger partial charge in [0.05, 0.1) is 29.8 Å². The second-order valence-corrected chi connectivity index (χ2v) is 8.16. The number of carbonyl (C=O) groups excluding carboxylic acids is 1. The molecule has 2 N–H and O–H groups in total. The Bertz CT molecular complexity index is 1150. The maximum atomic E-state index is 13.3.